The van der Waals surface area contributed by atoms with Crippen molar-refractivity contribution in [2.75, 3.05) is 4.90 Å². The van der Waals surface area contributed by atoms with Crippen molar-refractivity contribution >= 4 is 78.6 Å². The molecule has 0 unspecified atom stereocenters. The lowest BCUT2D eigenvalue weighted by molar-refractivity contribution is 1.18. The zero-order chi connectivity index (χ0) is 43.4. The molecule has 62 heavy (non-hydrogen) atoms. The van der Waals surface area contributed by atoms with E-state index in [0.717, 1.165) is 17.1 Å². The summed E-state index contributed by atoms with van der Waals surface area (Å²) in [6.07, 6.45) is 0. The van der Waals surface area contributed by atoms with Gasteiger partial charge in [0.1, 0.15) is 0 Å². The SMILES string of the molecule is C[Si](C)(C)c1ccc(-c2ccc(N(c3ccc(-c4ccc([Si](C)(C)C)cc4)cc3)c3ccc(-c4ccc5c(c4)c4ccc([Si](C)(C)C)cc4n5-c4ccccc4)cc3)cc2)cc1. The van der Waals surface area contributed by atoms with Gasteiger partial charge in [-0.3, -0.25) is 0 Å². The van der Waals surface area contributed by atoms with Gasteiger partial charge in [-0.1, -0.05) is 196 Å². The van der Waals surface area contributed by atoms with Gasteiger partial charge in [0.25, 0.3) is 0 Å². The zero-order valence-electron chi connectivity index (χ0n) is 37.8. The molecule has 0 amide bonds. The second-order valence-electron chi connectivity index (χ2n) is 20.0. The Labute approximate surface area is 372 Å². The van der Waals surface area contributed by atoms with Crippen molar-refractivity contribution in [2.45, 2.75) is 58.9 Å². The first-order valence-electron chi connectivity index (χ1n) is 22.1. The Bertz CT molecular complexity index is 2900. The molecular weight excluding hydrogens is 797 g/mol. The van der Waals surface area contributed by atoms with Gasteiger partial charge in [0.05, 0.1) is 35.3 Å². The fourth-order valence-electron chi connectivity index (χ4n) is 8.70. The van der Waals surface area contributed by atoms with Gasteiger partial charge in [0, 0.05) is 33.5 Å². The smallest absolute Gasteiger partial charge is 0.0776 e. The van der Waals surface area contributed by atoms with Crippen LogP contribution in [0.4, 0.5) is 17.1 Å². The molecule has 5 heteroatoms. The van der Waals surface area contributed by atoms with Gasteiger partial charge in [0.2, 0.25) is 0 Å². The number of benzene rings is 8. The highest BCUT2D eigenvalue weighted by Gasteiger charge is 2.21. The van der Waals surface area contributed by atoms with Gasteiger partial charge in [-0.2, -0.15) is 0 Å². The molecular formula is C57H58N2Si3. The Balaban J connectivity index is 1.09. The molecule has 0 aliphatic rings. The van der Waals surface area contributed by atoms with Gasteiger partial charge in [-0.15, -0.1) is 0 Å². The zero-order valence-corrected chi connectivity index (χ0v) is 40.8. The molecule has 0 spiro atoms. The summed E-state index contributed by atoms with van der Waals surface area (Å²) in [7, 11) is -4.25. The summed E-state index contributed by atoms with van der Waals surface area (Å²) in [4.78, 5) is 2.38. The quantitative estimate of drug-likeness (QED) is 0.124. The highest BCUT2D eigenvalue weighted by molar-refractivity contribution is 6.89. The molecule has 0 fully saturated rings. The lowest BCUT2D eigenvalue weighted by atomic mass is 10.0. The summed E-state index contributed by atoms with van der Waals surface area (Å²) < 4.78 is 2.45. The minimum atomic E-state index is -1.52. The number of hydrogen-bond donors (Lipinski definition) is 0. The number of nitrogens with zero attached hydrogens (tertiary/aromatic N) is 2. The number of hydrogen-bond acceptors (Lipinski definition) is 1. The average molecular weight is 855 g/mol. The first-order chi connectivity index (χ1) is 29.6. The van der Waals surface area contributed by atoms with Crippen molar-refractivity contribution in [3.05, 3.63) is 188 Å². The molecule has 2 nitrogen and oxygen atoms in total. The van der Waals surface area contributed by atoms with Crippen LogP contribution in [0.1, 0.15) is 0 Å². The average Bonchev–Trinajstić information content (AvgIpc) is 3.60. The van der Waals surface area contributed by atoms with Crippen LogP contribution >= 0.6 is 0 Å². The first-order valence-corrected chi connectivity index (χ1v) is 32.6. The molecule has 0 saturated heterocycles. The molecule has 0 N–H and O–H groups in total. The van der Waals surface area contributed by atoms with Crippen LogP contribution in [-0.2, 0) is 0 Å². The number of para-hydroxylation sites is 1. The molecule has 0 saturated carbocycles. The highest BCUT2D eigenvalue weighted by atomic mass is 28.3. The van der Waals surface area contributed by atoms with E-state index < -0.39 is 24.2 Å². The van der Waals surface area contributed by atoms with Crippen LogP contribution in [0.5, 0.6) is 0 Å². The van der Waals surface area contributed by atoms with E-state index in [1.807, 2.05) is 0 Å². The van der Waals surface area contributed by atoms with E-state index in [-0.39, 0.29) is 0 Å². The summed E-state index contributed by atoms with van der Waals surface area (Å²) in [6, 6.07) is 70.7. The van der Waals surface area contributed by atoms with E-state index >= 15 is 0 Å². The van der Waals surface area contributed by atoms with E-state index in [4.69, 9.17) is 0 Å². The van der Waals surface area contributed by atoms with Crippen molar-refractivity contribution in [1.82, 2.24) is 4.57 Å². The van der Waals surface area contributed by atoms with Crippen molar-refractivity contribution in [2.24, 2.45) is 0 Å². The third kappa shape index (κ3) is 8.20. The normalized spacial score (nSPS) is 12.3. The van der Waals surface area contributed by atoms with Crippen molar-refractivity contribution in [3.63, 3.8) is 0 Å². The maximum Gasteiger partial charge on any atom is 0.0776 e. The summed E-state index contributed by atoms with van der Waals surface area (Å²) in [6.45, 7) is 21.7. The highest BCUT2D eigenvalue weighted by Crippen LogP contribution is 2.39. The third-order valence-corrected chi connectivity index (χ3v) is 18.7. The van der Waals surface area contributed by atoms with E-state index in [9.17, 15) is 0 Å². The minimum absolute atomic E-state index is 1.12. The van der Waals surface area contributed by atoms with Crippen molar-refractivity contribution in [3.8, 4) is 39.1 Å². The van der Waals surface area contributed by atoms with Crippen LogP contribution in [0.25, 0.3) is 60.9 Å². The number of rotatable bonds is 10. The van der Waals surface area contributed by atoms with Crippen LogP contribution in [0.3, 0.4) is 0 Å². The molecule has 9 rings (SSSR count). The van der Waals surface area contributed by atoms with Gasteiger partial charge < -0.3 is 9.47 Å². The predicted molar refractivity (Wildman–Crippen MR) is 281 cm³/mol. The van der Waals surface area contributed by atoms with Crippen LogP contribution in [0.2, 0.25) is 58.9 Å². The van der Waals surface area contributed by atoms with Gasteiger partial charge in [-0.25, -0.2) is 0 Å². The maximum atomic E-state index is 2.45. The molecule has 308 valence electrons. The second kappa shape index (κ2) is 16.0. The molecule has 8 aromatic carbocycles. The first kappa shape index (κ1) is 41.4. The monoisotopic (exact) mass is 854 g/mol. The van der Waals surface area contributed by atoms with Gasteiger partial charge in [-0.05, 0) is 100 Å². The van der Waals surface area contributed by atoms with E-state index in [1.54, 1.807) is 0 Å². The van der Waals surface area contributed by atoms with E-state index in [0.29, 0.717) is 0 Å². The molecule has 1 heterocycles. The standard InChI is InChI=1S/C57H58N2Si3/c1-60(2,3)51-32-21-43(22-33-51)41-15-26-48(27-16-41)58(49-28-17-42(18-29-49)44-23-34-52(35-24-44)61(4,5)6)50-30-19-45(20-31-50)46-25-38-56-55(39-46)54-37-36-53(62(7,8)9)40-57(54)59(56)47-13-11-10-12-14-47/h10-40H,1-9H3. The number of fused-ring (bicyclic) bond motifs is 3. The molecule has 1 aromatic heterocycles. The summed E-state index contributed by atoms with van der Waals surface area (Å²) in [5.41, 5.74) is 14.4. The largest absolute Gasteiger partial charge is 0.311 e. The number of aromatic nitrogens is 1. The van der Waals surface area contributed by atoms with Gasteiger partial charge >= 0.3 is 0 Å². The van der Waals surface area contributed by atoms with Crippen LogP contribution in [0, 0.1) is 0 Å². The van der Waals surface area contributed by atoms with Crippen LogP contribution < -0.4 is 20.5 Å². The summed E-state index contributed by atoms with van der Waals surface area (Å²) >= 11 is 0. The van der Waals surface area contributed by atoms with Crippen LogP contribution in [0.15, 0.2) is 188 Å². The topological polar surface area (TPSA) is 8.17 Å². The fourth-order valence-corrected chi connectivity index (χ4v) is 12.2. The minimum Gasteiger partial charge on any atom is -0.311 e. The Morgan fingerprint density at radius 1 is 0.306 bits per heavy atom. The Hall–Kier alpha value is -5.99. The Morgan fingerprint density at radius 2 is 0.677 bits per heavy atom. The predicted octanol–water partition coefficient (Wildman–Crippen LogP) is 14.9. The molecule has 0 aliphatic heterocycles. The molecule has 0 bridgehead atoms. The Kier molecular flexibility index (Phi) is 10.7. The fraction of sp³-hybridized carbons (Fsp3) is 0.158. The Morgan fingerprint density at radius 3 is 1.10 bits per heavy atom. The summed E-state index contributed by atoms with van der Waals surface area (Å²) in [5, 5.41) is 7.01. The molecule has 0 aliphatic carbocycles. The molecule has 9 aromatic rings. The molecule has 0 atom stereocenters. The van der Waals surface area contributed by atoms with Gasteiger partial charge in [0.15, 0.2) is 0 Å². The number of anilines is 3. The lowest BCUT2D eigenvalue weighted by Crippen LogP contribution is -2.37. The lowest BCUT2D eigenvalue weighted by Gasteiger charge is -2.26. The summed E-state index contributed by atoms with van der Waals surface area (Å²) in [5.74, 6) is 0. The van der Waals surface area contributed by atoms with Crippen molar-refractivity contribution in [1.29, 1.82) is 0 Å². The second-order valence-corrected chi connectivity index (χ2v) is 35.2. The maximum absolute atomic E-state index is 2.45. The van der Waals surface area contributed by atoms with E-state index in [2.05, 4.69) is 256 Å². The third-order valence-electron chi connectivity index (χ3n) is 12.5. The van der Waals surface area contributed by atoms with Crippen LogP contribution in [-0.4, -0.2) is 28.8 Å². The molecule has 0 radical (unpaired) electrons. The van der Waals surface area contributed by atoms with E-state index in [1.165, 1.54) is 76.4 Å². The van der Waals surface area contributed by atoms with Crippen molar-refractivity contribution < 1.29 is 0 Å².